The van der Waals surface area contributed by atoms with Crippen LogP contribution in [-0.2, 0) is 16.1 Å². The number of carbonyl (C=O) groups is 1. The average Bonchev–Trinajstić information content (AvgIpc) is 3.34. The maximum Gasteiger partial charge on any atom is 0.223 e. The van der Waals surface area contributed by atoms with Crippen LogP contribution in [-0.4, -0.2) is 58.3 Å². The summed E-state index contributed by atoms with van der Waals surface area (Å²) in [5.74, 6) is 2.82. The van der Waals surface area contributed by atoms with Crippen LogP contribution in [0.25, 0.3) is 0 Å². The molecule has 8 heteroatoms. The molecule has 4 rings (SSSR count). The number of aromatic amines is 1. The van der Waals surface area contributed by atoms with Gasteiger partial charge in [0.05, 0.1) is 18.8 Å². The van der Waals surface area contributed by atoms with Gasteiger partial charge in [0.2, 0.25) is 5.91 Å². The van der Waals surface area contributed by atoms with Gasteiger partial charge >= 0.3 is 0 Å². The Balaban J connectivity index is 1.46. The Bertz CT molecular complexity index is 738. The van der Waals surface area contributed by atoms with E-state index in [-0.39, 0.29) is 23.8 Å². The van der Waals surface area contributed by atoms with Crippen molar-refractivity contribution in [3.8, 4) is 0 Å². The molecule has 2 aromatic heterocycles. The second kappa shape index (κ2) is 8.22. The molecule has 0 aliphatic carbocycles. The molecule has 2 aromatic rings. The van der Waals surface area contributed by atoms with E-state index in [0.717, 1.165) is 56.3 Å². The predicted octanol–water partition coefficient (Wildman–Crippen LogP) is 1.61. The fourth-order valence-electron chi connectivity index (χ4n) is 4.03. The van der Waals surface area contributed by atoms with Gasteiger partial charge in [-0.05, 0) is 44.9 Å². The summed E-state index contributed by atoms with van der Waals surface area (Å²) in [5, 5.41) is 10.6. The first kappa shape index (κ1) is 18.2. The van der Waals surface area contributed by atoms with Crippen LogP contribution in [0.3, 0.4) is 0 Å². The van der Waals surface area contributed by atoms with E-state index in [1.165, 1.54) is 0 Å². The molecule has 0 radical (unpaired) electrons. The number of furan rings is 1. The molecular formula is C19H27N5O3. The number of piperidine rings is 1. The first-order valence-corrected chi connectivity index (χ1v) is 9.71. The zero-order chi connectivity index (χ0) is 18.6. The van der Waals surface area contributed by atoms with Crippen LogP contribution in [0.4, 0.5) is 0 Å². The van der Waals surface area contributed by atoms with E-state index in [9.17, 15) is 4.79 Å². The molecule has 2 N–H and O–H groups in total. The number of nitrogens with one attached hydrogen (secondary N) is 2. The van der Waals surface area contributed by atoms with Crippen molar-refractivity contribution in [3.63, 3.8) is 0 Å². The van der Waals surface area contributed by atoms with Gasteiger partial charge in [0.1, 0.15) is 11.6 Å². The molecule has 2 saturated heterocycles. The second-order valence-electron chi connectivity index (χ2n) is 7.49. The van der Waals surface area contributed by atoms with Gasteiger partial charge in [0.15, 0.2) is 5.82 Å². The molecular weight excluding hydrogens is 346 g/mol. The first-order chi connectivity index (χ1) is 13.2. The van der Waals surface area contributed by atoms with Gasteiger partial charge in [-0.1, -0.05) is 0 Å². The van der Waals surface area contributed by atoms with Gasteiger partial charge in [0.25, 0.3) is 0 Å². The number of aryl methyl sites for hydroxylation is 1. The summed E-state index contributed by atoms with van der Waals surface area (Å²) in [6.07, 6.45) is 4.18. The lowest BCUT2D eigenvalue weighted by Gasteiger charge is -2.38. The number of hydrogen-bond donors (Lipinski definition) is 2. The van der Waals surface area contributed by atoms with Gasteiger partial charge in [0, 0.05) is 31.6 Å². The summed E-state index contributed by atoms with van der Waals surface area (Å²) < 4.78 is 10.9. The molecule has 146 valence electrons. The van der Waals surface area contributed by atoms with Gasteiger partial charge in [-0.25, -0.2) is 4.98 Å². The van der Waals surface area contributed by atoms with Crippen molar-refractivity contribution in [1.82, 2.24) is 25.4 Å². The Morgan fingerprint density at radius 2 is 2.22 bits per heavy atom. The average molecular weight is 373 g/mol. The number of amides is 1. The predicted molar refractivity (Wildman–Crippen MR) is 97.9 cm³/mol. The Labute approximate surface area is 158 Å². The topological polar surface area (TPSA) is 96.3 Å². The highest BCUT2D eigenvalue weighted by Crippen LogP contribution is 2.28. The van der Waals surface area contributed by atoms with Gasteiger partial charge in [-0.15, -0.1) is 0 Å². The summed E-state index contributed by atoms with van der Waals surface area (Å²) in [7, 11) is 0. The Morgan fingerprint density at radius 1 is 1.37 bits per heavy atom. The van der Waals surface area contributed by atoms with Gasteiger partial charge in [-0.2, -0.15) is 5.10 Å². The van der Waals surface area contributed by atoms with Crippen LogP contribution in [0.2, 0.25) is 0 Å². The lowest BCUT2D eigenvalue weighted by Crippen LogP contribution is -2.53. The van der Waals surface area contributed by atoms with Crippen molar-refractivity contribution in [1.29, 1.82) is 0 Å². The third kappa shape index (κ3) is 4.39. The van der Waals surface area contributed by atoms with Crippen LogP contribution in [0, 0.1) is 12.8 Å². The molecule has 0 saturated carbocycles. The Hall–Kier alpha value is -2.19. The largest absolute Gasteiger partial charge is 0.468 e. The summed E-state index contributed by atoms with van der Waals surface area (Å²) in [6, 6.07) is 3.88. The Kier molecular flexibility index (Phi) is 5.54. The quantitative estimate of drug-likeness (QED) is 0.827. The van der Waals surface area contributed by atoms with Crippen molar-refractivity contribution in [2.24, 2.45) is 5.92 Å². The lowest BCUT2D eigenvalue weighted by atomic mass is 9.89. The zero-order valence-corrected chi connectivity index (χ0v) is 15.7. The van der Waals surface area contributed by atoms with E-state index >= 15 is 0 Å². The number of hydrogen-bond acceptors (Lipinski definition) is 6. The Morgan fingerprint density at radius 3 is 2.93 bits per heavy atom. The second-order valence-corrected chi connectivity index (χ2v) is 7.49. The van der Waals surface area contributed by atoms with Crippen molar-refractivity contribution in [2.45, 2.75) is 44.7 Å². The van der Waals surface area contributed by atoms with Crippen LogP contribution in [0.5, 0.6) is 0 Å². The minimum absolute atomic E-state index is 0.0146. The molecule has 1 amide bonds. The number of carbonyl (C=O) groups excluding carboxylic acids is 1. The molecule has 0 unspecified atom stereocenters. The highest BCUT2D eigenvalue weighted by atomic mass is 16.5. The van der Waals surface area contributed by atoms with Gasteiger partial charge in [-0.3, -0.25) is 14.8 Å². The van der Waals surface area contributed by atoms with Gasteiger partial charge < -0.3 is 14.5 Å². The van der Waals surface area contributed by atoms with E-state index in [0.29, 0.717) is 13.2 Å². The molecule has 0 aromatic carbocycles. The third-order valence-electron chi connectivity index (χ3n) is 5.52. The molecule has 8 nitrogen and oxygen atoms in total. The number of likely N-dealkylation sites (tertiary alicyclic amines) is 1. The highest BCUT2D eigenvalue weighted by molar-refractivity contribution is 5.79. The molecule has 27 heavy (non-hydrogen) atoms. The van der Waals surface area contributed by atoms with Crippen LogP contribution >= 0.6 is 0 Å². The molecule has 0 bridgehead atoms. The molecule has 4 heterocycles. The fourth-order valence-corrected chi connectivity index (χ4v) is 4.03. The standard InChI is InChI=1S/C19H27N5O3/c1-13-20-18(23-22-13)16-4-7-24(11-15-3-2-8-27-15)12-17(16)21-19(25)14-5-9-26-10-6-14/h2-3,8,14,16-17H,4-7,9-12H2,1H3,(H,21,25)(H,20,22,23)/t16-,17+/m0/s1. The highest BCUT2D eigenvalue weighted by Gasteiger charge is 2.35. The number of ether oxygens (including phenoxy) is 1. The number of aromatic nitrogens is 3. The van der Waals surface area contributed by atoms with E-state index in [1.54, 1.807) is 6.26 Å². The molecule has 2 fully saturated rings. The monoisotopic (exact) mass is 373 g/mol. The SMILES string of the molecule is Cc1nc([C@H]2CCN(Cc3ccco3)C[C@H]2NC(=O)C2CCOCC2)n[nH]1. The first-order valence-electron chi connectivity index (χ1n) is 9.71. The summed E-state index contributed by atoms with van der Waals surface area (Å²) in [4.78, 5) is 19.7. The molecule has 2 atom stereocenters. The van der Waals surface area contributed by atoms with Crippen LogP contribution < -0.4 is 5.32 Å². The third-order valence-corrected chi connectivity index (χ3v) is 5.52. The zero-order valence-electron chi connectivity index (χ0n) is 15.7. The molecule has 2 aliphatic heterocycles. The van der Waals surface area contributed by atoms with Crippen molar-refractivity contribution in [3.05, 3.63) is 35.8 Å². The van der Waals surface area contributed by atoms with Crippen molar-refractivity contribution >= 4 is 5.91 Å². The summed E-state index contributed by atoms with van der Waals surface area (Å²) >= 11 is 0. The fraction of sp³-hybridized carbons (Fsp3) is 0.632. The lowest BCUT2D eigenvalue weighted by molar-refractivity contribution is -0.129. The van der Waals surface area contributed by atoms with E-state index < -0.39 is 0 Å². The number of nitrogens with zero attached hydrogens (tertiary/aromatic N) is 3. The van der Waals surface area contributed by atoms with Crippen molar-refractivity contribution in [2.75, 3.05) is 26.3 Å². The normalized spacial score (nSPS) is 24.8. The van der Waals surface area contributed by atoms with E-state index in [1.807, 2.05) is 19.1 Å². The van der Waals surface area contributed by atoms with E-state index in [4.69, 9.17) is 9.15 Å². The molecule has 2 aliphatic rings. The smallest absolute Gasteiger partial charge is 0.223 e. The van der Waals surface area contributed by atoms with Crippen LogP contribution in [0.1, 0.15) is 42.6 Å². The summed E-state index contributed by atoms with van der Waals surface area (Å²) in [5.41, 5.74) is 0. The minimum atomic E-state index is -0.0146. The summed E-state index contributed by atoms with van der Waals surface area (Å²) in [6.45, 7) is 5.65. The maximum atomic E-state index is 12.8. The van der Waals surface area contributed by atoms with Crippen LogP contribution in [0.15, 0.2) is 22.8 Å². The number of H-pyrrole nitrogens is 1. The minimum Gasteiger partial charge on any atom is -0.468 e. The maximum absolute atomic E-state index is 12.8. The van der Waals surface area contributed by atoms with E-state index in [2.05, 4.69) is 25.4 Å². The molecule has 0 spiro atoms. The van der Waals surface area contributed by atoms with Crippen molar-refractivity contribution < 1.29 is 13.9 Å². The number of rotatable bonds is 5.